The van der Waals surface area contributed by atoms with Gasteiger partial charge in [-0.3, -0.25) is 13.5 Å². The fraction of sp³-hybridized carbons (Fsp3) is 0.611. The molecule has 3 N–H and O–H groups in total. The Morgan fingerprint density at radius 1 is 1.42 bits per heavy atom. The van der Waals surface area contributed by atoms with Gasteiger partial charge in [0.15, 0.2) is 0 Å². The van der Waals surface area contributed by atoms with Crippen LogP contribution in [-0.4, -0.2) is 41.2 Å². The van der Waals surface area contributed by atoms with Gasteiger partial charge < -0.3 is 10.4 Å². The first-order valence-corrected chi connectivity index (χ1v) is 10.9. The zero-order chi connectivity index (χ0) is 17.7. The van der Waals surface area contributed by atoms with Crippen LogP contribution in [0.1, 0.15) is 48.8 Å². The highest BCUT2D eigenvalue weighted by Gasteiger charge is 2.27. The molecule has 1 atom stereocenters. The Kier molecular flexibility index (Phi) is 6.54. The molecule has 0 fully saturated rings. The third-order valence-electron chi connectivity index (χ3n) is 4.45. The van der Waals surface area contributed by atoms with Gasteiger partial charge in [0.1, 0.15) is 5.75 Å². The fourth-order valence-electron chi connectivity index (χ4n) is 3.31. The van der Waals surface area contributed by atoms with Crippen molar-refractivity contribution in [1.82, 2.24) is 5.32 Å². The Balaban J connectivity index is 2.06. The molecular weight excluding hydrogens is 326 g/mol. The summed E-state index contributed by atoms with van der Waals surface area (Å²) in [4.78, 5) is 11.4. The number of hydrogen-bond donors (Lipinski definition) is 3. The van der Waals surface area contributed by atoms with Crippen molar-refractivity contribution in [1.29, 1.82) is 0 Å². The van der Waals surface area contributed by atoms with E-state index in [4.69, 9.17) is 4.18 Å². The van der Waals surface area contributed by atoms with Crippen molar-refractivity contribution < 1.29 is 18.6 Å². The molecule has 0 aromatic heterocycles. The third-order valence-corrected chi connectivity index (χ3v) is 5.20. The average molecular weight is 356 g/mol. The molecule has 0 spiro atoms. The van der Waals surface area contributed by atoms with E-state index in [1.807, 2.05) is 13.0 Å². The Morgan fingerprint density at radius 2 is 2.17 bits per heavy atom. The first-order chi connectivity index (χ1) is 11.3. The van der Waals surface area contributed by atoms with E-state index >= 15 is 0 Å². The molecule has 24 heavy (non-hydrogen) atoms. The summed E-state index contributed by atoms with van der Waals surface area (Å²) in [6, 6.07) is 3.76. The molecule has 5 nitrogen and oxygen atoms in total. The summed E-state index contributed by atoms with van der Waals surface area (Å²) in [5.74, 6) is 0.729. The smallest absolute Gasteiger partial charge is 0.219 e. The monoisotopic (exact) mass is 355 g/mol. The Labute approximate surface area is 146 Å². The molecule has 1 aromatic rings. The lowest BCUT2D eigenvalue weighted by atomic mass is 9.91. The van der Waals surface area contributed by atoms with Crippen molar-refractivity contribution in [3.63, 3.8) is 0 Å². The summed E-state index contributed by atoms with van der Waals surface area (Å²) in [5, 5.41) is 13.2. The number of benzene rings is 1. The van der Waals surface area contributed by atoms with Gasteiger partial charge in [0.05, 0.1) is 6.61 Å². The lowest BCUT2D eigenvalue weighted by Crippen LogP contribution is -2.24. The molecule has 1 aliphatic carbocycles. The van der Waals surface area contributed by atoms with E-state index in [1.54, 1.807) is 18.6 Å². The quantitative estimate of drug-likeness (QED) is 0.668. The predicted octanol–water partition coefficient (Wildman–Crippen LogP) is 3.35. The molecule has 0 heterocycles. The van der Waals surface area contributed by atoms with E-state index in [0.717, 1.165) is 24.8 Å². The van der Waals surface area contributed by atoms with Crippen LogP contribution < -0.4 is 5.32 Å². The van der Waals surface area contributed by atoms with E-state index < -0.39 is 10.6 Å². The second-order valence-corrected chi connectivity index (χ2v) is 9.22. The van der Waals surface area contributed by atoms with Crippen LogP contribution in [0.25, 0.3) is 0 Å². The van der Waals surface area contributed by atoms with Gasteiger partial charge in [0.2, 0.25) is 5.91 Å². The predicted molar refractivity (Wildman–Crippen MR) is 98.8 cm³/mol. The topological polar surface area (TPSA) is 78.8 Å². The maximum absolute atomic E-state index is 11.4. The molecular formula is C18H29NO4S. The number of aromatic hydroxyl groups is 1. The lowest BCUT2D eigenvalue weighted by molar-refractivity contribution is -0.120. The number of carbonyl (C=O) groups is 1. The average Bonchev–Trinajstić information content (AvgIpc) is 2.91. The van der Waals surface area contributed by atoms with Gasteiger partial charge in [-0.2, -0.15) is 10.6 Å². The first kappa shape index (κ1) is 19.1. The molecule has 6 heteroatoms. The molecule has 1 amide bonds. The Bertz CT molecular complexity index is 583. The van der Waals surface area contributed by atoms with E-state index in [9.17, 15) is 14.5 Å². The van der Waals surface area contributed by atoms with Crippen molar-refractivity contribution in [3.8, 4) is 5.75 Å². The number of rotatable bonds is 8. The van der Waals surface area contributed by atoms with Gasteiger partial charge >= 0.3 is 0 Å². The largest absolute Gasteiger partial charge is 0.508 e. The third kappa shape index (κ3) is 5.13. The fourth-order valence-corrected chi connectivity index (χ4v) is 3.80. The molecule has 0 bridgehead atoms. The van der Waals surface area contributed by atoms with Crippen molar-refractivity contribution in [2.45, 2.75) is 44.9 Å². The molecule has 1 aromatic carbocycles. The van der Waals surface area contributed by atoms with Crippen LogP contribution in [0.15, 0.2) is 12.1 Å². The van der Waals surface area contributed by atoms with Gasteiger partial charge in [-0.25, -0.2) is 0 Å². The van der Waals surface area contributed by atoms with Crippen molar-refractivity contribution in [2.24, 2.45) is 0 Å². The van der Waals surface area contributed by atoms with E-state index in [1.165, 1.54) is 11.1 Å². The second kappa shape index (κ2) is 8.23. The minimum atomic E-state index is -1.99. The van der Waals surface area contributed by atoms with Crippen molar-refractivity contribution >= 4 is 16.5 Å². The molecule has 0 saturated carbocycles. The van der Waals surface area contributed by atoms with Gasteiger partial charge in [-0.1, -0.05) is 13.0 Å². The summed E-state index contributed by atoms with van der Waals surface area (Å²) in [5.41, 5.74) is 3.43. The Hall–Kier alpha value is -1.24. The van der Waals surface area contributed by atoms with Crippen molar-refractivity contribution in [2.75, 3.05) is 25.7 Å². The number of carbonyl (C=O) groups excluding carboxylic acids is 1. The molecule has 1 aliphatic rings. The highest BCUT2D eigenvalue weighted by Crippen LogP contribution is 2.42. The molecule has 0 saturated heterocycles. The van der Waals surface area contributed by atoms with E-state index in [2.05, 4.69) is 5.32 Å². The van der Waals surface area contributed by atoms with Crippen LogP contribution >= 0.6 is 10.6 Å². The zero-order valence-electron chi connectivity index (χ0n) is 14.8. The number of fused-ring (bicyclic) bond motifs is 1. The number of phenols is 1. The van der Waals surface area contributed by atoms with Gasteiger partial charge in [-0.05, 0) is 47.9 Å². The number of hydrogen-bond acceptors (Lipinski definition) is 4. The molecule has 0 unspecified atom stereocenters. The maximum Gasteiger partial charge on any atom is 0.219 e. The highest BCUT2D eigenvalue weighted by molar-refractivity contribution is 8.23. The minimum Gasteiger partial charge on any atom is -0.508 e. The highest BCUT2D eigenvalue weighted by atomic mass is 32.3. The summed E-state index contributed by atoms with van der Waals surface area (Å²) in [6.45, 7) is 2.90. The van der Waals surface area contributed by atoms with E-state index in [0.29, 0.717) is 37.7 Å². The van der Waals surface area contributed by atoms with Crippen LogP contribution in [0, 0.1) is 0 Å². The number of amides is 1. The molecule has 0 radical (unpaired) electrons. The van der Waals surface area contributed by atoms with Crippen molar-refractivity contribution in [3.05, 3.63) is 28.8 Å². The molecule has 0 aliphatic heterocycles. The number of aryl methyl sites for hydroxylation is 1. The number of phenolic OH excluding ortho intramolecular Hbond substituents is 1. The normalized spacial score (nSPS) is 17.6. The SMILES string of the molecule is CCC(=O)NCC[C@@H]1CCc2ccc(O)c(CCOS(C)(C)O)c21. The van der Waals surface area contributed by atoms with Crippen LogP contribution in [0.5, 0.6) is 5.75 Å². The summed E-state index contributed by atoms with van der Waals surface area (Å²) < 4.78 is 15.2. The summed E-state index contributed by atoms with van der Waals surface area (Å²) in [6.07, 6.45) is 7.39. The van der Waals surface area contributed by atoms with Crippen LogP contribution in [0.4, 0.5) is 0 Å². The minimum absolute atomic E-state index is 0.0749. The molecule has 136 valence electrons. The maximum atomic E-state index is 11.4. The van der Waals surface area contributed by atoms with Crippen LogP contribution in [0.2, 0.25) is 0 Å². The van der Waals surface area contributed by atoms with E-state index in [-0.39, 0.29) is 5.91 Å². The Morgan fingerprint density at radius 3 is 2.83 bits per heavy atom. The van der Waals surface area contributed by atoms with Gasteiger partial charge in [0, 0.05) is 31.9 Å². The standard InChI is InChI=1S/C18H29NO4S/c1-4-17(21)19-11-9-14-6-5-13-7-8-16(20)15(18(13)14)10-12-23-24(2,3)22/h7-8,14,20,22H,4-6,9-12H2,1-3H3,(H,19,21)/t14-/m0/s1. The summed E-state index contributed by atoms with van der Waals surface area (Å²) >= 11 is 0. The first-order valence-electron chi connectivity index (χ1n) is 8.52. The number of nitrogens with one attached hydrogen (secondary N) is 1. The van der Waals surface area contributed by atoms with Gasteiger partial charge in [-0.15, -0.1) is 0 Å². The molecule has 2 rings (SSSR count). The lowest BCUT2D eigenvalue weighted by Gasteiger charge is -2.28. The van der Waals surface area contributed by atoms with Crippen LogP contribution in [0.3, 0.4) is 0 Å². The zero-order valence-corrected chi connectivity index (χ0v) is 15.6. The van der Waals surface area contributed by atoms with Crippen LogP contribution in [-0.2, 0) is 21.8 Å². The summed E-state index contributed by atoms with van der Waals surface area (Å²) in [7, 11) is -1.99. The van der Waals surface area contributed by atoms with Gasteiger partial charge in [0.25, 0.3) is 0 Å². The second-order valence-electron chi connectivity index (χ2n) is 6.62.